The Bertz CT molecular complexity index is 1810. The van der Waals surface area contributed by atoms with Crippen molar-refractivity contribution in [2.24, 2.45) is 0 Å². The zero-order chi connectivity index (χ0) is 25.9. The molecule has 0 aliphatic heterocycles. The molecule has 0 aliphatic carbocycles. The van der Waals surface area contributed by atoms with Crippen LogP contribution in [0.4, 0.5) is 0 Å². The molecule has 0 saturated carbocycles. The summed E-state index contributed by atoms with van der Waals surface area (Å²) in [6.45, 7) is 1.71. The third-order valence-electron chi connectivity index (χ3n) is 6.93. The van der Waals surface area contributed by atoms with Crippen LogP contribution in [0, 0.1) is 6.85 Å². The lowest BCUT2D eigenvalue weighted by Crippen LogP contribution is -2.00. The maximum absolute atomic E-state index is 8.59. The van der Waals surface area contributed by atoms with Crippen LogP contribution in [0.1, 0.15) is 49.2 Å². The standard InChI is InChI=1S/C31H27NO/c1-4-20(5-2)26-16-29(32-18-19(26)3)25-12-8-11-24-28-15-22-14-13-21-9-6-7-10-23(21)27(22)17-30(28)33-31(24)25/h6-18,20H,4-5H2,1-3H3/i3D3,18D. The minimum atomic E-state index is -2.39. The molecule has 0 amide bonds. The van der Waals surface area contributed by atoms with Crippen molar-refractivity contribution in [3.63, 3.8) is 0 Å². The first-order valence-electron chi connectivity index (χ1n) is 13.6. The predicted octanol–water partition coefficient (Wildman–Crippen LogP) is 9.17. The molecule has 0 atom stereocenters. The van der Waals surface area contributed by atoms with Crippen molar-refractivity contribution in [2.75, 3.05) is 0 Å². The quantitative estimate of drug-likeness (QED) is 0.259. The van der Waals surface area contributed by atoms with E-state index in [9.17, 15) is 0 Å². The second kappa shape index (κ2) is 7.74. The van der Waals surface area contributed by atoms with Gasteiger partial charge in [-0.2, -0.15) is 0 Å². The highest BCUT2D eigenvalue weighted by molar-refractivity contribution is 6.17. The summed E-state index contributed by atoms with van der Waals surface area (Å²) >= 11 is 0. The Morgan fingerprint density at radius 2 is 1.67 bits per heavy atom. The molecular formula is C31H27NO. The first-order valence-corrected chi connectivity index (χ1v) is 11.6. The second-order valence-electron chi connectivity index (χ2n) is 8.74. The first kappa shape index (κ1) is 16.0. The fraction of sp³-hybridized carbons (Fsp3) is 0.194. The van der Waals surface area contributed by atoms with Gasteiger partial charge in [-0.05, 0) is 82.5 Å². The van der Waals surface area contributed by atoms with Gasteiger partial charge < -0.3 is 4.42 Å². The molecule has 0 unspecified atom stereocenters. The third kappa shape index (κ3) is 3.13. The molecule has 0 spiro atoms. The summed E-state index contributed by atoms with van der Waals surface area (Å²) in [5.41, 5.74) is 3.56. The lowest BCUT2D eigenvalue weighted by Gasteiger charge is -2.16. The van der Waals surface area contributed by atoms with Crippen LogP contribution in [0.15, 0.2) is 83.4 Å². The summed E-state index contributed by atoms with van der Waals surface area (Å²) in [6.07, 6.45) is 1.39. The third-order valence-corrected chi connectivity index (χ3v) is 6.93. The zero-order valence-electron chi connectivity index (χ0n) is 22.8. The molecule has 6 aromatic rings. The molecule has 0 fully saturated rings. The van der Waals surface area contributed by atoms with Crippen LogP contribution in [-0.4, -0.2) is 4.98 Å². The molecule has 0 radical (unpaired) electrons. The van der Waals surface area contributed by atoms with E-state index in [1.165, 1.54) is 10.8 Å². The van der Waals surface area contributed by atoms with E-state index in [1.807, 2.05) is 36.4 Å². The normalized spacial score (nSPS) is 14.2. The number of fused-ring (bicyclic) bond motifs is 6. The number of pyridine rings is 1. The average molecular weight is 434 g/mol. The van der Waals surface area contributed by atoms with Crippen LogP contribution in [0.5, 0.6) is 0 Å². The molecule has 0 bridgehead atoms. The minimum absolute atomic E-state index is 0.0368. The molecule has 33 heavy (non-hydrogen) atoms. The number of rotatable bonds is 4. The van der Waals surface area contributed by atoms with Crippen molar-refractivity contribution in [3.05, 3.63) is 90.1 Å². The van der Waals surface area contributed by atoms with Crippen molar-refractivity contribution in [3.8, 4) is 11.3 Å². The molecule has 4 aromatic carbocycles. The number of hydrogen-bond donors (Lipinski definition) is 0. The number of aromatic nitrogens is 1. The molecule has 0 saturated heterocycles. The highest BCUT2D eigenvalue weighted by atomic mass is 16.3. The number of benzene rings is 4. The van der Waals surface area contributed by atoms with Crippen LogP contribution in [0.2, 0.25) is 0 Å². The van der Waals surface area contributed by atoms with E-state index in [2.05, 4.69) is 55.2 Å². The molecule has 0 N–H and O–H groups in total. The van der Waals surface area contributed by atoms with Crippen molar-refractivity contribution < 1.29 is 9.90 Å². The summed E-state index contributed by atoms with van der Waals surface area (Å²) in [6, 6.07) is 24.7. The number of hydrogen-bond acceptors (Lipinski definition) is 2. The van der Waals surface area contributed by atoms with Gasteiger partial charge in [0.2, 0.25) is 0 Å². The Kier molecular flexibility index (Phi) is 3.76. The van der Waals surface area contributed by atoms with Gasteiger partial charge in [0.15, 0.2) is 0 Å². The summed E-state index contributed by atoms with van der Waals surface area (Å²) in [4.78, 5) is 4.48. The van der Waals surface area contributed by atoms with Crippen LogP contribution in [-0.2, 0) is 0 Å². The predicted molar refractivity (Wildman–Crippen MR) is 140 cm³/mol. The van der Waals surface area contributed by atoms with Crippen LogP contribution < -0.4 is 0 Å². The van der Waals surface area contributed by atoms with Crippen molar-refractivity contribution >= 4 is 43.5 Å². The Balaban J connectivity index is 1.62. The summed E-state index contributed by atoms with van der Waals surface area (Å²) in [5, 5.41) is 6.63. The van der Waals surface area contributed by atoms with Gasteiger partial charge in [0.1, 0.15) is 11.2 Å². The van der Waals surface area contributed by atoms with Crippen LogP contribution in [0.25, 0.3) is 54.7 Å². The summed E-state index contributed by atoms with van der Waals surface area (Å²) in [7, 11) is 0. The van der Waals surface area contributed by atoms with E-state index < -0.39 is 6.85 Å². The van der Waals surface area contributed by atoms with E-state index in [0.717, 1.165) is 45.5 Å². The maximum Gasteiger partial charge on any atom is 0.144 e. The fourth-order valence-corrected chi connectivity index (χ4v) is 5.12. The zero-order valence-corrected chi connectivity index (χ0v) is 18.8. The minimum Gasteiger partial charge on any atom is -0.455 e. The SMILES string of the molecule is [2H]c1nc(-c2cccc3c2oc2cc4c(ccc5ccccc54)cc23)cc(C(CC)CC)c1C([2H])([2H])[2H]. The van der Waals surface area contributed by atoms with Gasteiger partial charge in [-0.25, -0.2) is 0 Å². The molecule has 162 valence electrons. The van der Waals surface area contributed by atoms with Gasteiger partial charge in [-0.15, -0.1) is 0 Å². The Morgan fingerprint density at radius 1 is 0.848 bits per heavy atom. The largest absolute Gasteiger partial charge is 0.455 e. The number of furan rings is 1. The smallest absolute Gasteiger partial charge is 0.144 e. The van der Waals surface area contributed by atoms with E-state index in [0.29, 0.717) is 16.8 Å². The van der Waals surface area contributed by atoms with E-state index in [1.54, 1.807) is 0 Å². The highest BCUT2D eigenvalue weighted by Gasteiger charge is 2.17. The Hall–Kier alpha value is -3.65. The second-order valence-corrected chi connectivity index (χ2v) is 8.74. The fourth-order valence-electron chi connectivity index (χ4n) is 5.12. The van der Waals surface area contributed by atoms with Crippen molar-refractivity contribution in [1.29, 1.82) is 0 Å². The molecule has 6 rings (SSSR count). The highest BCUT2D eigenvalue weighted by Crippen LogP contribution is 2.39. The summed E-state index contributed by atoms with van der Waals surface area (Å²) in [5.74, 6) is 0.0368. The molecule has 2 heteroatoms. The monoisotopic (exact) mass is 433 g/mol. The van der Waals surface area contributed by atoms with Gasteiger partial charge in [0.05, 0.1) is 7.06 Å². The molecule has 2 nitrogen and oxygen atoms in total. The van der Waals surface area contributed by atoms with Gasteiger partial charge >= 0.3 is 0 Å². The van der Waals surface area contributed by atoms with E-state index in [4.69, 9.17) is 9.90 Å². The van der Waals surface area contributed by atoms with E-state index >= 15 is 0 Å². The van der Waals surface area contributed by atoms with Gasteiger partial charge in [-0.3, -0.25) is 4.98 Å². The van der Waals surface area contributed by atoms with Crippen molar-refractivity contribution in [1.82, 2.24) is 4.98 Å². The van der Waals surface area contributed by atoms with Crippen LogP contribution in [0.3, 0.4) is 0 Å². The molecule has 0 aliphatic rings. The lowest BCUT2D eigenvalue weighted by molar-refractivity contribution is 0.637. The van der Waals surface area contributed by atoms with E-state index in [-0.39, 0.29) is 17.7 Å². The van der Waals surface area contributed by atoms with Gasteiger partial charge in [-0.1, -0.05) is 62.4 Å². The lowest BCUT2D eigenvalue weighted by atomic mass is 9.90. The Labute approximate surface area is 199 Å². The molecule has 2 heterocycles. The maximum atomic E-state index is 8.59. The van der Waals surface area contributed by atoms with Crippen molar-refractivity contribution in [2.45, 2.75) is 39.5 Å². The Morgan fingerprint density at radius 3 is 2.52 bits per heavy atom. The first-order chi connectivity index (χ1) is 17.8. The summed E-state index contributed by atoms with van der Waals surface area (Å²) < 4.78 is 39.2. The van der Waals surface area contributed by atoms with Gasteiger partial charge in [0, 0.05) is 26.6 Å². The molecule has 2 aromatic heterocycles. The van der Waals surface area contributed by atoms with Crippen LogP contribution >= 0.6 is 0 Å². The topological polar surface area (TPSA) is 26.0 Å². The number of para-hydroxylation sites is 1. The number of nitrogens with zero attached hydrogens (tertiary/aromatic N) is 1. The van der Waals surface area contributed by atoms with Gasteiger partial charge in [0.25, 0.3) is 0 Å². The molecular weight excluding hydrogens is 402 g/mol. The average Bonchev–Trinajstić information content (AvgIpc) is 3.24.